The number of ether oxygens (including phenoxy) is 2. The summed E-state index contributed by atoms with van der Waals surface area (Å²) in [7, 11) is 0. The van der Waals surface area contributed by atoms with Crippen LogP contribution in [0.2, 0.25) is 0 Å². The van der Waals surface area contributed by atoms with E-state index in [2.05, 4.69) is 19.1 Å². The minimum absolute atomic E-state index is 0.564. The third-order valence-electron chi connectivity index (χ3n) is 2.84. The molecule has 2 aromatic rings. The van der Waals surface area contributed by atoms with Gasteiger partial charge in [-0.1, -0.05) is 55.8 Å². The van der Waals surface area contributed by atoms with Gasteiger partial charge in [0.25, 0.3) is 0 Å². The van der Waals surface area contributed by atoms with E-state index in [0.717, 1.165) is 36.5 Å². The van der Waals surface area contributed by atoms with E-state index in [4.69, 9.17) is 9.47 Å². The predicted molar refractivity (Wildman–Crippen MR) is 77.6 cm³/mol. The van der Waals surface area contributed by atoms with Gasteiger partial charge in [-0.25, -0.2) is 0 Å². The van der Waals surface area contributed by atoms with Crippen LogP contribution in [0.5, 0.6) is 11.5 Å². The van der Waals surface area contributed by atoms with Crippen LogP contribution in [0.1, 0.15) is 25.3 Å². The number of rotatable bonds is 7. The molecule has 0 radical (unpaired) electrons. The van der Waals surface area contributed by atoms with Crippen LogP contribution in [0.15, 0.2) is 54.6 Å². The molecule has 0 saturated carbocycles. The highest BCUT2D eigenvalue weighted by molar-refractivity contribution is 5.39. The molecular weight excluding hydrogens is 236 g/mol. The molecule has 100 valence electrons. The minimum Gasteiger partial charge on any atom is -0.490 e. The van der Waals surface area contributed by atoms with Crippen LogP contribution in [-0.2, 0) is 6.61 Å². The van der Waals surface area contributed by atoms with Crippen molar-refractivity contribution in [3.8, 4) is 11.5 Å². The van der Waals surface area contributed by atoms with Crippen molar-refractivity contribution in [1.82, 2.24) is 0 Å². The molecule has 19 heavy (non-hydrogen) atoms. The van der Waals surface area contributed by atoms with E-state index in [9.17, 15) is 0 Å². The van der Waals surface area contributed by atoms with Gasteiger partial charge in [-0.2, -0.15) is 0 Å². The van der Waals surface area contributed by atoms with Gasteiger partial charge in [-0.15, -0.1) is 0 Å². The van der Waals surface area contributed by atoms with Gasteiger partial charge in [0.1, 0.15) is 6.61 Å². The quantitative estimate of drug-likeness (QED) is 0.682. The summed E-state index contributed by atoms with van der Waals surface area (Å²) < 4.78 is 11.6. The molecule has 0 aliphatic rings. The van der Waals surface area contributed by atoms with Crippen molar-refractivity contribution in [3.05, 3.63) is 60.2 Å². The first-order chi connectivity index (χ1) is 9.40. The lowest BCUT2D eigenvalue weighted by atomic mass is 10.2. The van der Waals surface area contributed by atoms with E-state index in [1.54, 1.807) is 0 Å². The zero-order valence-electron chi connectivity index (χ0n) is 11.3. The highest BCUT2D eigenvalue weighted by atomic mass is 16.5. The number of hydrogen-bond acceptors (Lipinski definition) is 2. The highest BCUT2D eigenvalue weighted by Gasteiger charge is 2.04. The topological polar surface area (TPSA) is 18.5 Å². The first-order valence-electron chi connectivity index (χ1n) is 6.78. The Morgan fingerprint density at radius 2 is 1.42 bits per heavy atom. The van der Waals surface area contributed by atoms with Gasteiger partial charge < -0.3 is 9.47 Å². The van der Waals surface area contributed by atoms with Crippen molar-refractivity contribution in [2.24, 2.45) is 0 Å². The molecule has 0 aromatic heterocycles. The summed E-state index contributed by atoms with van der Waals surface area (Å²) in [5.41, 5.74) is 1.16. The summed E-state index contributed by atoms with van der Waals surface area (Å²) in [6.07, 6.45) is 2.19. The van der Waals surface area contributed by atoms with Crippen molar-refractivity contribution in [3.63, 3.8) is 0 Å². The van der Waals surface area contributed by atoms with Crippen molar-refractivity contribution in [1.29, 1.82) is 0 Å². The maximum atomic E-state index is 5.83. The fourth-order valence-electron chi connectivity index (χ4n) is 1.75. The molecule has 0 bridgehead atoms. The average molecular weight is 256 g/mol. The molecule has 2 heteroatoms. The maximum absolute atomic E-state index is 5.83. The van der Waals surface area contributed by atoms with E-state index in [1.165, 1.54) is 0 Å². The number of benzene rings is 2. The summed E-state index contributed by atoms with van der Waals surface area (Å²) in [5.74, 6) is 1.63. The molecule has 2 nitrogen and oxygen atoms in total. The van der Waals surface area contributed by atoms with Crippen LogP contribution >= 0.6 is 0 Å². The zero-order valence-corrected chi connectivity index (χ0v) is 11.3. The molecule has 0 amide bonds. The van der Waals surface area contributed by atoms with Gasteiger partial charge in [0.05, 0.1) is 6.61 Å². The predicted octanol–water partition coefficient (Wildman–Crippen LogP) is 4.44. The van der Waals surface area contributed by atoms with Crippen LogP contribution in [0.4, 0.5) is 0 Å². The van der Waals surface area contributed by atoms with Gasteiger partial charge in [0.2, 0.25) is 0 Å². The molecule has 0 fully saturated rings. The molecule has 0 atom stereocenters. The first-order valence-corrected chi connectivity index (χ1v) is 6.78. The Labute approximate surface area is 115 Å². The fraction of sp³-hybridized carbons (Fsp3) is 0.294. The average Bonchev–Trinajstić information content (AvgIpc) is 2.48. The number of hydrogen-bond donors (Lipinski definition) is 0. The van der Waals surface area contributed by atoms with Crippen molar-refractivity contribution in [2.45, 2.75) is 26.4 Å². The monoisotopic (exact) mass is 256 g/mol. The second-order valence-corrected chi connectivity index (χ2v) is 4.42. The summed E-state index contributed by atoms with van der Waals surface area (Å²) in [6, 6.07) is 18.0. The molecule has 2 rings (SSSR count). The lowest BCUT2D eigenvalue weighted by Gasteiger charge is -2.12. The van der Waals surface area contributed by atoms with E-state index in [0.29, 0.717) is 6.61 Å². The van der Waals surface area contributed by atoms with E-state index in [-0.39, 0.29) is 0 Å². The summed E-state index contributed by atoms with van der Waals surface area (Å²) in [5, 5.41) is 0. The van der Waals surface area contributed by atoms with Crippen LogP contribution in [0.3, 0.4) is 0 Å². The Hall–Kier alpha value is -1.96. The molecular formula is C17H20O2. The van der Waals surface area contributed by atoms with Crippen LogP contribution in [0, 0.1) is 0 Å². The van der Waals surface area contributed by atoms with Gasteiger partial charge in [0.15, 0.2) is 11.5 Å². The molecule has 0 saturated heterocycles. The summed E-state index contributed by atoms with van der Waals surface area (Å²) in [6.45, 7) is 3.46. The number of unbranched alkanes of at least 4 members (excludes halogenated alkanes) is 1. The van der Waals surface area contributed by atoms with Crippen LogP contribution in [-0.4, -0.2) is 6.61 Å². The lowest BCUT2D eigenvalue weighted by molar-refractivity contribution is 0.259. The van der Waals surface area contributed by atoms with E-state index < -0.39 is 0 Å². The third kappa shape index (κ3) is 4.32. The molecule has 2 aromatic carbocycles. The van der Waals surface area contributed by atoms with Gasteiger partial charge in [-0.3, -0.25) is 0 Å². The largest absolute Gasteiger partial charge is 0.490 e. The highest BCUT2D eigenvalue weighted by Crippen LogP contribution is 2.27. The Morgan fingerprint density at radius 3 is 2.11 bits per heavy atom. The first kappa shape index (κ1) is 13.5. The second kappa shape index (κ2) is 7.47. The normalized spacial score (nSPS) is 10.2. The molecule has 0 heterocycles. The summed E-state index contributed by atoms with van der Waals surface area (Å²) in [4.78, 5) is 0. The standard InChI is InChI=1S/C17H20O2/c1-2-3-13-18-16-11-7-8-12-17(16)19-14-15-9-5-4-6-10-15/h4-12H,2-3,13-14H2,1H3. The molecule has 0 unspecified atom stereocenters. The Bertz CT molecular complexity index is 480. The SMILES string of the molecule is CCCCOc1ccccc1OCc1ccccc1. The van der Waals surface area contributed by atoms with Crippen molar-refractivity contribution < 1.29 is 9.47 Å². The van der Waals surface area contributed by atoms with Crippen molar-refractivity contribution >= 4 is 0 Å². The fourth-order valence-corrected chi connectivity index (χ4v) is 1.75. The van der Waals surface area contributed by atoms with E-state index >= 15 is 0 Å². The molecule has 0 spiro atoms. The number of para-hydroxylation sites is 2. The van der Waals surface area contributed by atoms with Crippen molar-refractivity contribution in [2.75, 3.05) is 6.61 Å². The third-order valence-corrected chi connectivity index (χ3v) is 2.84. The Morgan fingerprint density at radius 1 is 0.789 bits per heavy atom. The maximum Gasteiger partial charge on any atom is 0.161 e. The molecule has 0 aliphatic carbocycles. The molecule has 0 N–H and O–H groups in total. The van der Waals surface area contributed by atoms with Crippen LogP contribution < -0.4 is 9.47 Å². The van der Waals surface area contributed by atoms with Gasteiger partial charge in [-0.05, 0) is 24.1 Å². The van der Waals surface area contributed by atoms with Gasteiger partial charge in [0, 0.05) is 0 Å². The minimum atomic E-state index is 0.564. The second-order valence-electron chi connectivity index (χ2n) is 4.42. The van der Waals surface area contributed by atoms with E-state index in [1.807, 2.05) is 42.5 Å². The van der Waals surface area contributed by atoms with Gasteiger partial charge >= 0.3 is 0 Å². The zero-order chi connectivity index (χ0) is 13.3. The Kier molecular flexibility index (Phi) is 5.30. The smallest absolute Gasteiger partial charge is 0.161 e. The lowest BCUT2D eigenvalue weighted by Crippen LogP contribution is -2.01. The van der Waals surface area contributed by atoms with Crippen LogP contribution in [0.25, 0.3) is 0 Å². The molecule has 0 aliphatic heterocycles. The summed E-state index contributed by atoms with van der Waals surface area (Å²) >= 11 is 0. The Balaban J connectivity index is 1.95.